The van der Waals surface area contributed by atoms with Gasteiger partial charge in [-0.3, -0.25) is 20.4 Å². The van der Waals surface area contributed by atoms with E-state index < -0.39 is 5.91 Å². The number of pyridine rings is 1. The number of fused-ring (bicyclic) bond motifs is 2. The zero-order chi connectivity index (χ0) is 23.5. The highest BCUT2D eigenvalue weighted by Crippen LogP contribution is 2.18. The number of rotatable bonds is 6. The average molecular weight is 454 g/mol. The fourth-order valence-corrected chi connectivity index (χ4v) is 3.83. The molecule has 170 valence electrons. The number of carbonyl (C=O) groups is 2. The van der Waals surface area contributed by atoms with Crippen LogP contribution in [0.5, 0.6) is 5.75 Å². The molecule has 5 rings (SSSR count). The molecule has 0 aliphatic rings. The van der Waals surface area contributed by atoms with Gasteiger partial charge in [-0.1, -0.05) is 24.3 Å². The van der Waals surface area contributed by atoms with Gasteiger partial charge < -0.3 is 14.1 Å². The van der Waals surface area contributed by atoms with E-state index in [1.807, 2.05) is 60.1 Å². The predicted octanol–water partition coefficient (Wildman–Crippen LogP) is 3.71. The molecule has 0 saturated heterocycles. The van der Waals surface area contributed by atoms with E-state index in [4.69, 9.17) is 4.74 Å². The number of H-pyrrole nitrogens is 1. The molecule has 5 aromatic rings. The van der Waals surface area contributed by atoms with Crippen LogP contribution in [0.3, 0.4) is 0 Å². The summed E-state index contributed by atoms with van der Waals surface area (Å²) in [6.45, 7) is 2.33. The number of aryl methyl sites for hydroxylation is 1. The standard InChI is InChI=1S/C26H23N5O3/c1-17-5-4-12-31-15-20(28-25(17)31)16-34-21-10-8-18(9-11-21)26(33)30-29-24(32)13-19-14-27-23-7-3-2-6-22(19)23/h2-12,14-15,27H,13,16H2,1H3,(H,29,32)(H,30,33). The number of ether oxygens (including phenoxy) is 1. The third kappa shape index (κ3) is 4.47. The molecule has 0 aliphatic heterocycles. The van der Waals surface area contributed by atoms with Gasteiger partial charge in [-0.2, -0.15) is 0 Å². The molecule has 3 aromatic heterocycles. The number of hydrogen-bond acceptors (Lipinski definition) is 4. The van der Waals surface area contributed by atoms with Crippen molar-refractivity contribution in [1.29, 1.82) is 0 Å². The summed E-state index contributed by atoms with van der Waals surface area (Å²) in [7, 11) is 0. The second-order valence-corrected chi connectivity index (χ2v) is 8.01. The predicted molar refractivity (Wildman–Crippen MR) is 128 cm³/mol. The number of aromatic amines is 1. The van der Waals surface area contributed by atoms with Gasteiger partial charge in [0, 0.05) is 35.1 Å². The first-order valence-corrected chi connectivity index (χ1v) is 10.9. The van der Waals surface area contributed by atoms with Crippen molar-refractivity contribution in [2.75, 3.05) is 0 Å². The minimum Gasteiger partial charge on any atom is -0.487 e. The first-order valence-electron chi connectivity index (χ1n) is 10.9. The number of carbonyl (C=O) groups excluding carboxylic acids is 2. The van der Waals surface area contributed by atoms with Crippen LogP contribution in [0, 0.1) is 6.92 Å². The van der Waals surface area contributed by atoms with Crippen LogP contribution in [0.1, 0.15) is 27.2 Å². The van der Waals surface area contributed by atoms with Crippen LogP contribution < -0.4 is 15.6 Å². The summed E-state index contributed by atoms with van der Waals surface area (Å²) in [5.74, 6) is -0.0934. The third-order valence-corrected chi connectivity index (χ3v) is 5.57. The number of para-hydroxylation sites is 1. The first kappa shape index (κ1) is 21.3. The Bertz CT molecular complexity index is 1480. The zero-order valence-electron chi connectivity index (χ0n) is 18.5. The van der Waals surface area contributed by atoms with Gasteiger partial charge in [0.05, 0.1) is 12.1 Å². The number of nitrogens with zero attached hydrogens (tertiary/aromatic N) is 2. The Labute approximate surface area is 195 Å². The Morgan fingerprint density at radius 2 is 1.85 bits per heavy atom. The lowest BCUT2D eigenvalue weighted by Crippen LogP contribution is -2.42. The molecule has 0 aliphatic carbocycles. The smallest absolute Gasteiger partial charge is 0.269 e. The van der Waals surface area contributed by atoms with Crippen molar-refractivity contribution in [3.63, 3.8) is 0 Å². The minimum absolute atomic E-state index is 0.152. The van der Waals surface area contributed by atoms with E-state index in [-0.39, 0.29) is 12.3 Å². The third-order valence-electron chi connectivity index (χ3n) is 5.57. The fraction of sp³-hybridized carbons (Fsp3) is 0.115. The Kier molecular flexibility index (Phi) is 5.70. The molecule has 0 fully saturated rings. The van der Waals surface area contributed by atoms with Crippen molar-refractivity contribution in [2.24, 2.45) is 0 Å². The number of hydrogen-bond donors (Lipinski definition) is 3. The maximum absolute atomic E-state index is 12.4. The van der Waals surface area contributed by atoms with E-state index in [1.165, 1.54) is 0 Å². The molecule has 0 spiro atoms. The quantitative estimate of drug-likeness (QED) is 0.341. The second kappa shape index (κ2) is 9.11. The van der Waals surface area contributed by atoms with Crippen LogP contribution in [-0.4, -0.2) is 26.2 Å². The molecule has 8 nitrogen and oxygen atoms in total. The summed E-state index contributed by atoms with van der Waals surface area (Å²) in [5, 5.41) is 0.985. The van der Waals surface area contributed by atoms with E-state index in [0.29, 0.717) is 17.9 Å². The normalized spacial score (nSPS) is 11.0. The number of benzene rings is 2. The lowest BCUT2D eigenvalue weighted by molar-refractivity contribution is -0.121. The highest BCUT2D eigenvalue weighted by atomic mass is 16.5. The maximum Gasteiger partial charge on any atom is 0.269 e. The molecular weight excluding hydrogens is 430 g/mol. The number of hydrazine groups is 1. The fourth-order valence-electron chi connectivity index (χ4n) is 3.83. The van der Waals surface area contributed by atoms with Gasteiger partial charge in [0.25, 0.3) is 5.91 Å². The van der Waals surface area contributed by atoms with Crippen LogP contribution in [0.25, 0.3) is 16.6 Å². The van der Waals surface area contributed by atoms with Crippen LogP contribution in [-0.2, 0) is 17.8 Å². The molecule has 2 aromatic carbocycles. The minimum atomic E-state index is -0.408. The van der Waals surface area contributed by atoms with Gasteiger partial charge in [0.15, 0.2) is 0 Å². The van der Waals surface area contributed by atoms with Gasteiger partial charge >= 0.3 is 0 Å². The Hall–Kier alpha value is -4.59. The first-order chi connectivity index (χ1) is 16.6. The molecule has 0 saturated carbocycles. The van der Waals surface area contributed by atoms with Gasteiger partial charge in [-0.05, 0) is 54.4 Å². The van der Waals surface area contributed by atoms with Crippen molar-refractivity contribution in [1.82, 2.24) is 25.2 Å². The number of aromatic nitrogens is 3. The zero-order valence-corrected chi connectivity index (χ0v) is 18.5. The summed E-state index contributed by atoms with van der Waals surface area (Å²) in [4.78, 5) is 32.4. The van der Waals surface area contributed by atoms with Crippen molar-refractivity contribution < 1.29 is 14.3 Å². The van der Waals surface area contributed by atoms with E-state index in [9.17, 15) is 9.59 Å². The van der Waals surface area contributed by atoms with Crippen molar-refractivity contribution in [2.45, 2.75) is 20.0 Å². The van der Waals surface area contributed by atoms with Crippen molar-refractivity contribution in [3.8, 4) is 5.75 Å². The Balaban J connectivity index is 1.13. The lowest BCUT2D eigenvalue weighted by atomic mass is 10.1. The van der Waals surface area contributed by atoms with Crippen molar-refractivity contribution in [3.05, 3.63) is 102 Å². The van der Waals surface area contributed by atoms with E-state index in [0.717, 1.165) is 33.4 Å². The molecule has 8 heteroatoms. The van der Waals surface area contributed by atoms with Crippen LogP contribution >= 0.6 is 0 Å². The molecule has 0 radical (unpaired) electrons. The highest BCUT2D eigenvalue weighted by Gasteiger charge is 2.11. The highest BCUT2D eigenvalue weighted by molar-refractivity contribution is 5.96. The maximum atomic E-state index is 12.4. The lowest BCUT2D eigenvalue weighted by Gasteiger charge is -2.08. The van der Waals surface area contributed by atoms with Gasteiger partial charge in [0.1, 0.15) is 18.0 Å². The van der Waals surface area contributed by atoms with Gasteiger partial charge in [0.2, 0.25) is 5.91 Å². The molecule has 3 heterocycles. The van der Waals surface area contributed by atoms with Crippen LogP contribution in [0.4, 0.5) is 0 Å². The van der Waals surface area contributed by atoms with Gasteiger partial charge in [-0.25, -0.2) is 4.98 Å². The molecule has 34 heavy (non-hydrogen) atoms. The molecule has 0 unspecified atom stereocenters. The van der Waals surface area contributed by atoms with Crippen LogP contribution in [0.15, 0.2) is 79.3 Å². The summed E-state index contributed by atoms with van der Waals surface area (Å²) in [5.41, 5.74) is 9.97. The van der Waals surface area contributed by atoms with Gasteiger partial charge in [-0.15, -0.1) is 0 Å². The van der Waals surface area contributed by atoms with E-state index >= 15 is 0 Å². The summed E-state index contributed by atoms with van der Waals surface area (Å²) >= 11 is 0. The largest absolute Gasteiger partial charge is 0.487 e. The molecule has 2 amide bonds. The SMILES string of the molecule is Cc1cccn2cc(COc3ccc(C(=O)NNC(=O)Cc4c[nH]c5ccccc45)cc3)nc12. The molecule has 0 atom stereocenters. The van der Waals surface area contributed by atoms with E-state index in [2.05, 4.69) is 20.8 Å². The number of nitrogens with one attached hydrogen (secondary N) is 3. The monoisotopic (exact) mass is 453 g/mol. The number of amides is 2. The number of imidazole rings is 1. The van der Waals surface area contributed by atoms with Crippen LogP contribution in [0.2, 0.25) is 0 Å². The Morgan fingerprint density at radius 1 is 1.03 bits per heavy atom. The Morgan fingerprint density at radius 3 is 2.68 bits per heavy atom. The summed E-state index contributed by atoms with van der Waals surface area (Å²) in [6.07, 6.45) is 5.84. The van der Waals surface area contributed by atoms with Crippen molar-refractivity contribution >= 4 is 28.4 Å². The topological polar surface area (TPSA) is 101 Å². The molecular formula is C26H23N5O3. The second-order valence-electron chi connectivity index (χ2n) is 8.01. The molecule has 3 N–H and O–H groups in total. The summed E-state index contributed by atoms with van der Waals surface area (Å²) < 4.78 is 7.77. The average Bonchev–Trinajstić information content (AvgIpc) is 3.46. The van der Waals surface area contributed by atoms with E-state index in [1.54, 1.807) is 30.5 Å². The summed E-state index contributed by atoms with van der Waals surface area (Å²) in [6, 6.07) is 18.5. The molecule has 0 bridgehead atoms.